The molecule has 0 amide bonds. The lowest BCUT2D eigenvalue weighted by atomic mass is 10.1. The zero-order chi connectivity index (χ0) is 13.2. The minimum Gasteiger partial charge on any atom is -0.222 e. The van der Waals surface area contributed by atoms with Gasteiger partial charge in [-0.25, -0.2) is 9.97 Å². The Morgan fingerprint density at radius 3 is 2.68 bits per heavy atom. The molecule has 4 heteroatoms. The molecule has 19 heavy (non-hydrogen) atoms. The van der Waals surface area contributed by atoms with Crippen molar-refractivity contribution in [1.82, 2.24) is 9.97 Å². The van der Waals surface area contributed by atoms with Gasteiger partial charge in [0.05, 0.1) is 5.39 Å². The number of hydrogen-bond acceptors (Lipinski definition) is 3. The molecule has 2 nitrogen and oxygen atoms in total. The molecule has 0 atom stereocenters. The van der Waals surface area contributed by atoms with Crippen LogP contribution in [0.2, 0.25) is 5.15 Å². The highest BCUT2D eigenvalue weighted by Crippen LogP contribution is 2.36. The van der Waals surface area contributed by atoms with Crippen molar-refractivity contribution < 1.29 is 0 Å². The van der Waals surface area contributed by atoms with Gasteiger partial charge in [-0.05, 0) is 12.0 Å². The van der Waals surface area contributed by atoms with E-state index in [1.807, 2.05) is 18.2 Å². The topological polar surface area (TPSA) is 25.8 Å². The van der Waals surface area contributed by atoms with Crippen LogP contribution in [-0.2, 0) is 6.42 Å². The fourth-order valence-corrected chi connectivity index (χ4v) is 3.42. The lowest BCUT2D eigenvalue weighted by Crippen LogP contribution is -1.94. The predicted molar refractivity (Wildman–Crippen MR) is 81.9 cm³/mol. The highest BCUT2D eigenvalue weighted by Gasteiger charge is 2.13. The van der Waals surface area contributed by atoms with Crippen LogP contribution in [0, 0.1) is 0 Å². The Morgan fingerprint density at radius 2 is 1.95 bits per heavy atom. The third kappa shape index (κ3) is 2.36. The average molecular weight is 289 g/mol. The maximum Gasteiger partial charge on any atom is 0.142 e. The molecule has 1 aromatic carbocycles. The van der Waals surface area contributed by atoms with Gasteiger partial charge in [0, 0.05) is 17.4 Å². The first-order valence-corrected chi connectivity index (χ1v) is 7.54. The van der Waals surface area contributed by atoms with Crippen molar-refractivity contribution in [2.75, 3.05) is 0 Å². The number of aromatic nitrogens is 2. The summed E-state index contributed by atoms with van der Waals surface area (Å²) >= 11 is 7.98. The summed E-state index contributed by atoms with van der Waals surface area (Å²) in [5.41, 5.74) is 2.27. The smallest absolute Gasteiger partial charge is 0.142 e. The van der Waals surface area contributed by atoms with E-state index in [9.17, 15) is 0 Å². The molecule has 2 aromatic heterocycles. The van der Waals surface area contributed by atoms with Gasteiger partial charge in [-0.1, -0.05) is 48.9 Å². The monoisotopic (exact) mass is 288 g/mol. The number of rotatable bonds is 3. The van der Waals surface area contributed by atoms with Crippen LogP contribution < -0.4 is 0 Å². The van der Waals surface area contributed by atoms with Gasteiger partial charge in [0.15, 0.2) is 0 Å². The van der Waals surface area contributed by atoms with Crippen LogP contribution in [0.5, 0.6) is 0 Å². The van der Waals surface area contributed by atoms with Gasteiger partial charge in [-0.2, -0.15) is 0 Å². The van der Waals surface area contributed by atoms with Crippen LogP contribution in [0.3, 0.4) is 0 Å². The van der Waals surface area contributed by atoms with Gasteiger partial charge < -0.3 is 0 Å². The first-order valence-electron chi connectivity index (χ1n) is 6.28. The molecule has 0 spiro atoms. The molecular formula is C15H13ClN2S. The number of thiophene rings is 1. The van der Waals surface area contributed by atoms with Crippen molar-refractivity contribution in [1.29, 1.82) is 0 Å². The number of hydrogen-bond donors (Lipinski definition) is 0. The molecule has 0 unspecified atom stereocenters. The van der Waals surface area contributed by atoms with Gasteiger partial charge in [0.2, 0.25) is 0 Å². The van der Waals surface area contributed by atoms with E-state index in [-0.39, 0.29) is 0 Å². The SMILES string of the molecule is CCCc1nc(Cl)c2c(-c3ccccc3)csc2n1. The first-order chi connectivity index (χ1) is 9.29. The molecule has 0 aliphatic carbocycles. The summed E-state index contributed by atoms with van der Waals surface area (Å²) in [5, 5.41) is 3.64. The van der Waals surface area contributed by atoms with Gasteiger partial charge in [-0.3, -0.25) is 0 Å². The summed E-state index contributed by atoms with van der Waals surface area (Å²) in [4.78, 5) is 9.98. The van der Waals surface area contributed by atoms with Crippen LogP contribution in [0.15, 0.2) is 35.7 Å². The van der Waals surface area contributed by atoms with E-state index >= 15 is 0 Å². The highest BCUT2D eigenvalue weighted by molar-refractivity contribution is 7.17. The minimum absolute atomic E-state index is 0.563. The summed E-state index contributed by atoms with van der Waals surface area (Å²) in [6, 6.07) is 10.2. The molecule has 0 saturated heterocycles. The van der Waals surface area contributed by atoms with Crippen LogP contribution in [0.4, 0.5) is 0 Å². The Balaban J connectivity index is 2.19. The van der Waals surface area contributed by atoms with Crippen LogP contribution in [0.25, 0.3) is 21.3 Å². The second kappa shape index (κ2) is 5.27. The van der Waals surface area contributed by atoms with E-state index in [1.165, 1.54) is 0 Å². The Bertz CT molecular complexity index is 707. The molecular weight excluding hydrogens is 276 g/mol. The van der Waals surface area contributed by atoms with E-state index in [0.717, 1.165) is 40.0 Å². The normalized spacial score (nSPS) is 11.1. The van der Waals surface area contributed by atoms with Crippen LogP contribution in [-0.4, -0.2) is 9.97 Å². The summed E-state index contributed by atoms with van der Waals surface area (Å²) in [6.45, 7) is 2.12. The molecule has 2 heterocycles. The maximum atomic E-state index is 6.35. The van der Waals surface area contributed by atoms with Crippen LogP contribution >= 0.6 is 22.9 Å². The molecule has 0 bridgehead atoms. The maximum absolute atomic E-state index is 6.35. The highest BCUT2D eigenvalue weighted by atomic mass is 35.5. The lowest BCUT2D eigenvalue weighted by Gasteiger charge is -2.03. The molecule has 0 fully saturated rings. The second-order valence-electron chi connectivity index (χ2n) is 4.38. The number of fused-ring (bicyclic) bond motifs is 1. The van der Waals surface area contributed by atoms with E-state index in [4.69, 9.17) is 11.6 Å². The largest absolute Gasteiger partial charge is 0.222 e. The molecule has 3 rings (SSSR count). The fourth-order valence-electron chi connectivity index (χ4n) is 2.11. The standard InChI is InChI=1S/C15H13ClN2S/c1-2-6-12-17-14(16)13-11(9-19-15(13)18-12)10-7-4-3-5-8-10/h3-5,7-9H,2,6H2,1H3. The van der Waals surface area contributed by atoms with Crippen molar-refractivity contribution in [3.8, 4) is 11.1 Å². The summed E-state index contributed by atoms with van der Waals surface area (Å²) in [7, 11) is 0. The van der Waals surface area contributed by atoms with Gasteiger partial charge in [0.25, 0.3) is 0 Å². The van der Waals surface area contributed by atoms with Crippen molar-refractivity contribution in [3.05, 3.63) is 46.7 Å². The molecule has 96 valence electrons. The van der Waals surface area contributed by atoms with Gasteiger partial charge >= 0.3 is 0 Å². The molecule has 0 aliphatic heterocycles. The van der Waals surface area contributed by atoms with Crippen molar-refractivity contribution in [3.63, 3.8) is 0 Å². The summed E-state index contributed by atoms with van der Waals surface area (Å²) < 4.78 is 0. The van der Waals surface area contributed by atoms with E-state index in [1.54, 1.807) is 11.3 Å². The van der Waals surface area contributed by atoms with Crippen molar-refractivity contribution >= 4 is 33.2 Å². The third-order valence-corrected chi connectivity index (χ3v) is 4.14. The summed E-state index contributed by atoms with van der Waals surface area (Å²) in [5.74, 6) is 0.835. The Kier molecular flexibility index (Phi) is 3.49. The van der Waals surface area contributed by atoms with Gasteiger partial charge in [0.1, 0.15) is 15.8 Å². The van der Waals surface area contributed by atoms with Crippen molar-refractivity contribution in [2.24, 2.45) is 0 Å². The summed E-state index contributed by atoms with van der Waals surface area (Å²) in [6.07, 6.45) is 1.90. The van der Waals surface area contributed by atoms with E-state index in [0.29, 0.717) is 5.15 Å². The molecule has 0 radical (unpaired) electrons. The predicted octanol–water partition coefficient (Wildman–Crippen LogP) is 4.96. The first kappa shape index (κ1) is 12.6. The molecule has 3 aromatic rings. The Hall–Kier alpha value is -1.45. The van der Waals surface area contributed by atoms with E-state index < -0.39 is 0 Å². The van der Waals surface area contributed by atoms with E-state index in [2.05, 4.69) is 34.4 Å². The lowest BCUT2D eigenvalue weighted by molar-refractivity contribution is 0.846. The number of benzene rings is 1. The zero-order valence-corrected chi connectivity index (χ0v) is 12.1. The third-order valence-electron chi connectivity index (χ3n) is 2.99. The van der Waals surface area contributed by atoms with Gasteiger partial charge in [-0.15, -0.1) is 11.3 Å². The zero-order valence-electron chi connectivity index (χ0n) is 10.6. The fraction of sp³-hybridized carbons (Fsp3) is 0.200. The minimum atomic E-state index is 0.563. The molecule has 0 N–H and O–H groups in total. The molecule has 0 saturated carbocycles. The van der Waals surface area contributed by atoms with Crippen molar-refractivity contribution in [2.45, 2.75) is 19.8 Å². The number of nitrogens with zero attached hydrogens (tertiary/aromatic N) is 2. The Morgan fingerprint density at radius 1 is 1.16 bits per heavy atom. The molecule has 0 aliphatic rings. The quantitative estimate of drug-likeness (QED) is 0.636. The number of halogens is 1. The Labute approximate surface area is 121 Å². The average Bonchev–Trinajstić information content (AvgIpc) is 2.84. The number of aryl methyl sites for hydroxylation is 1. The van der Waals surface area contributed by atoms with Crippen LogP contribution in [0.1, 0.15) is 19.2 Å². The second-order valence-corrected chi connectivity index (χ2v) is 5.59.